The summed E-state index contributed by atoms with van der Waals surface area (Å²) in [6.07, 6.45) is 2.14. The maximum Gasteiger partial charge on any atom is 0.0590 e. The van der Waals surface area contributed by atoms with Gasteiger partial charge in [0.05, 0.1) is 21.6 Å². The van der Waals surface area contributed by atoms with Gasteiger partial charge in [-0.05, 0) is 45.1 Å². The highest BCUT2D eigenvalue weighted by atomic mass is 32.1. The molecule has 2 nitrogen and oxygen atoms in total. The Bertz CT molecular complexity index is 1800. The van der Waals surface area contributed by atoms with Gasteiger partial charge in [0.15, 0.2) is 0 Å². The minimum Gasteiger partial charge on any atom is -0.350 e. The lowest BCUT2D eigenvalue weighted by Crippen LogP contribution is -1.91. The molecule has 0 aliphatic rings. The third-order valence-electron chi connectivity index (χ3n) is 6.79. The number of benzene rings is 4. The van der Waals surface area contributed by atoms with Gasteiger partial charge in [-0.1, -0.05) is 54.6 Å². The topological polar surface area (TPSA) is 9.86 Å². The lowest BCUT2D eigenvalue weighted by atomic mass is 9.95. The quantitative estimate of drug-likeness (QED) is 0.241. The molecule has 3 heterocycles. The van der Waals surface area contributed by atoms with Crippen molar-refractivity contribution in [3.8, 4) is 10.6 Å². The summed E-state index contributed by atoms with van der Waals surface area (Å²) in [6, 6.07) is 27.2. The van der Waals surface area contributed by atoms with Gasteiger partial charge in [-0.3, -0.25) is 0 Å². The molecule has 0 atom stereocenters. The first-order valence-corrected chi connectivity index (χ1v) is 11.4. The minimum absolute atomic E-state index is 1.28. The molecule has 148 valence electrons. The fraction of sp³-hybridized carbons (Fsp3) is 0.0714. The zero-order valence-corrected chi connectivity index (χ0v) is 18.2. The normalized spacial score (nSPS) is 12.2. The summed E-state index contributed by atoms with van der Waals surface area (Å²) in [7, 11) is 4.32. The highest BCUT2D eigenvalue weighted by Gasteiger charge is 2.14. The Labute approximate surface area is 183 Å². The molecule has 0 saturated heterocycles. The Morgan fingerprint density at radius 3 is 1.94 bits per heavy atom. The van der Waals surface area contributed by atoms with E-state index in [0.29, 0.717) is 0 Å². The van der Waals surface area contributed by atoms with Crippen LogP contribution in [0.4, 0.5) is 0 Å². The number of aromatic nitrogens is 2. The van der Waals surface area contributed by atoms with Crippen molar-refractivity contribution in [2.75, 3.05) is 0 Å². The minimum atomic E-state index is 1.28. The Morgan fingerprint density at radius 1 is 0.613 bits per heavy atom. The highest BCUT2D eigenvalue weighted by molar-refractivity contribution is 7.13. The standard InChI is InChI=1S/C28H20N2S/c1-29-14-13-17-5-7-21-19-10-12-24-22(20(19)9-11-23(21)27(17)29)8-6-18-16-25(30(2)28(18)24)26-4-3-15-31-26/h3-16H,1-2H3. The van der Waals surface area contributed by atoms with Gasteiger partial charge in [0, 0.05) is 41.8 Å². The van der Waals surface area contributed by atoms with Crippen molar-refractivity contribution in [1.29, 1.82) is 0 Å². The predicted molar refractivity (Wildman–Crippen MR) is 135 cm³/mol. The van der Waals surface area contributed by atoms with Crippen molar-refractivity contribution >= 4 is 65.5 Å². The lowest BCUT2D eigenvalue weighted by Gasteiger charge is -2.11. The van der Waals surface area contributed by atoms with Gasteiger partial charge < -0.3 is 9.13 Å². The second-order valence-corrected chi connectivity index (χ2v) is 9.36. The zero-order chi connectivity index (χ0) is 20.7. The summed E-state index contributed by atoms with van der Waals surface area (Å²) in [6.45, 7) is 0. The van der Waals surface area contributed by atoms with E-state index in [9.17, 15) is 0 Å². The molecule has 0 bridgehead atoms. The molecule has 3 aromatic heterocycles. The lowest BCUT2D eigenvalue weighted by molar-refractivity contribution is 0.973. The largest absolute Gasteiger partial charge is 0.350 e. The molecular weight excluding hydrogens is 396 g/mol. The smallest absolute Gasteiger partial charge is 0.0590 e. The Balaban J connectivity index is 1.60. The first kappa shape index (κ1) is 17.2. The van der Waals surface area contributed by atoms with Gasteiger partial charge >= 0.3 is 0 Å². The molecule has 0 spiro atoms. The zero-order valence-electron chi connectivity index (χ0n) is 17.4. The van der Waals surface area contributed by atoms with Gasteiger partial charge in [0.1, 0.15) is 0 Å². The fourth-order valence-corrected chi connectivity index (χ4v) is 6.13. The summed E-state index contributed by atoms with van der Waals surface area (Å²) >= 11 is 1.79. The Morgan fingerprint density at radius 2 is 1.23 bits per heavy atom. The molecule has 0 aliphatic heterocycles. The molecule has 3 heteroatoms. The van der Waals surface area contributed by atoms with Crippen LogP contribution in [0.5, 0.6) is 0 Å². The Kier molecular flexibility index (Phi) is 3.32. The van der Waals surface area contributed by atoms with Crippen molar-refractivity contribution in [3.05, 3.63) is 84.4 Å². The summed E-state index contributed by atoms with van der Waals surface area (Å²) in [5.41, 5.74) is 3.89. The van der Waals surface area contributed by atoms with Crippen LogP contribution in [0.3, 0.4) is 0 Å². The van der Waals surface area contributed by atoms with E-state index in [1.54, 1.807) is 11.3 Å². The summed E-state index contributed by atoms with van der Waals surface area (Å²) < 4.78 is 4.58. The van der Waals surface area contributed by atoms with E-state index < -0.39 is 0 Å². The van der Waals surface area contributed by atoms with Gasteiger partial charge in [-0.25, -0.2) is 0 Å². The SMILES string of the molecule is Cn1ccc2ccc3c4ccc5c(ccc6cc(-c7cccs7)n(C)c65)c4ccc3c21. The number of fused-ring (bicyclic) bond motifs is 9. The van der Waals surface area contributed by atoms with Crippen molar-refractivity contribution in [2.24, 2.45) is 14.1 Å². The molecule has 0 aliphatic carbocycles. The van der Waals surface area contributed by atoms with Crippen LogP contribution in [0.15, 0.2) is 84.4 Å². The Hall–Kier alpha value is -3.56. The van der Waals surface area contributed by atoms with E-state index in [0.717, 1.165) is 0 Å². The molecule has 0 saturated carbocycles. The van der Waals surface area contributed by atoms with Crippen LogP contribution in [-0.4, -0.2) is 9.13 Å². The molecular formula is C28H20N2S. The number of hydrogen-bond donors (Lipinski definition) is 0. The van der Waals surface area contributed by atoms with Crippen LogP contribution in [0.25, 0.3) is 64.7 Å². The third kappa shape index (κ3) is 2.21. The van der Waals surface area contributed by atoms with E-state index >= 15 is 0 Å². The molecule has 0 amide bonds. The van der Waals surface area contributed by atoms with Gasteiger partial charge in [0.25, 0.3) is 0 Å². The summed E-state index contributed by atoms with van der Waals surface area (Å²) in [4.78, 5) is 1.31. The van der Waals surface area contributed by atoms with Crippen LogP contribution in [0.2, 0.25) is 0 Å². The average molecular weight is 417 g/mol. The molecule has 0 unspecified atom stereocenters. The summed E-state index contributed by atoms with van der Waals surface area (Å²) in [5.74, 6) is 0. The summed E-state index contributed by atoms with van der Waals surface area (Å²) in [5, 5.41) is 12.6. The van der Waals surface area contributed by atoms with Crippen LogP contribution in [0.1, 0.15) is 0 Å². The van der Waals surface area contributed by atoms with Crippen LogP contribution in [0, 0.1) is 0 Å². The van der Waals surface area contributed by atoms with Crippen LogP contribution >= 0.6 is 11.3 Å². The monoisotopic (exact) mass is 416 g/mol. The molecule has 0 fully saturated rings. The van der Waals surface area contributed by atoms with Crippen molar-refractivity contribution in [2.45, 2.75) is 0 Å². The van der Waals surface area contributed by atoms with Crippen LogP contribution in [-0.2, 0) is 14.1 Å². The van der Waals surface area contributed by atoms with E-state index in [-0.39, 0.29) is 0 Å². The van der Waals surface area contributed by atoms with Gasteiger partial charge in [0.2, 0.25) is 0 Å². The molecule has 31 heavy (non-hydrogen) atoms. The average Bonchev–Trinajstić information content (AvgIpc) is 3.52. The number of aryl methyl sites for hydroxylation is 2. The molecule has 0 radical (unpaired) electrons. The fourth-order valence-electron chi connectivity index (χ4n) is 5.35. The van der Waals surface area contributed by atoms with E-state index in [1.807, 2.05) is 0 Å². The first-order chi connectivity index (χ1) is 15.2. The maximum atomic E-state index is 2.35. The molecule has 4 aromatic carbocycles. The number of thiophene rings is 1. The number of hydrogen-bond acceptors (Lipinski definition) is 1. The van der Waals surface area contributed by atoms with Crippen molar-refractivity contribution < 1.29 is 0 Å². The maximum absolute atomic E-state index is 2.35. The van der Waals surface area contributed by atoms with Crippen molar-refractivity contribution in [1.82, 2.24) is 9.13 Å². The number of rotatable bonds is 1. The first-order valence-electron chi connectivity index (χ1n) is 10.6. The number of nitrogens with zero attached hydrogens (tertiary/aromatic N) is 2. The third-order valence-corrected chi connectivity index (χ3v) is 7.69. The predicted octanol–water partition coefficient (Wildman–Crippen LogP) is 7.86. The van der Waals surface area contributed by atoms with E-state index in [1.165, 1.54) is 64.7 Å². The second kappa shape index (κ2) is 5.99. The second-order valence-electron chi connectivity index (χ2n) is 8.42. The van der Waals surface area contributed by atoms with E-state index in [2.05, 4.69) is 108 Å². The molecule has 0 N–H and O–H groups in total. The van der Waals surface area contributed by atoms with Crippen LogP contribution < -0.4 is 0 Å². The van der Waals surface area contributed by atoms with Gasteiger partial charge in [-0.2, -0.15) is 0 Å². The molecule has 7 rings (SSSR count). The molecule has 7 aromatic rings. The van der Waals surface area contributed by atoms with E-state index in [4.69, 9.17) is 0 Å². The van der Waals surface area contributed by atoms with Crippen molar-refractivity contribution in [3.63, 3.8) is 0 Å². The highest BCUT2D eigenvalue weighted by Crippen LogP contribution is 2.39. The van der Waals surface area contributed by atoms with Gasteiger partial charge in [-0.15, -0.1) is 11.3 Å².